The Balaban J connectivity index is 1.93. The van der Waals surface area contributed by atoms with Crippen LogP contribution in [0.3, 0.4) is 0 Å². The Morgan fingerprint density at radius 3 is 2.54 bits per heavy atom. The molecule has 0 bridgehead atoms. The SMILES string of the molecule is C[C@H](NCC(=O)Nc1cccc(C(F)(F)F)c1)c1ccccc1Cl. The van der Waals surface area contributed by atoms with Gasteiger partial charge >= 0.3 is 6.18 Å². The number of hydrogen-bond donors (Lipinski definition) is 2. The van der Waals surface area contributed by atoms with E-state index in [0.717, 1.165) is 17.7 Å². The number of hydrogen-bond acceptors (Lipinski definition) is 2. The number of anilines is 1. The third-order valence-electron chi connectivity index (χ3n) is 3.41. The molecule has 7 heteroatoms. The van der Waals surface area contributed by atoms with Crippen molar-refractivity contribution in [2.45, 2.75) is 19.1 Å². The van der Waals surface area contributed by atoms with Crippen LogP contribution in [0.15, 0.2) is 48.5 Å². The molecule has 0 aromatic heterocycles. The summed E-state index contributed by atoms with van der Waals surface area (Å²) in [7, 11) is 0. The summed E-state index contributed by atoms with van der Waals surface area (Å²) in [5.74, 6) is -0.437. The van der Waals surface area contributed by atoms with Crippen LogP contribution in [-0.2, 0) is 11.0 Å². The summed E-state index contributed by atoms with van der Waals surface area (Å²) in [6, 6.07) is 11.6. The summed E-state index contributed by atoms with van der Waals surface area (Å²) in [5, 5.41) is 6.01. The molecule has 2 N–H and O–H groups in total. The second-order valence-electron chi connectivity index (χ2n) is 5.25. The number of carbonyl (C=O) groups excluding carboxylic acids is 1. The first-order valence-electron chi connectivity index (χ1n) is 7.22. The molecular formula is C17H16ClF3N2O. The zero-order valence-electron chi connectivity index (χ0n) is 12.8. The van der Waals surface area contributed by atoms with E-state index in [-0.39, 0.29) is 18.3 Å². The van der Waals surface area contributed by atoms with E-state index in [0.29, 0.717) is 5.02 Å². The molecule has 2 aromatic rings. The van der Waals surface area contributed by atoms with Gasteiger partial charge in [0.1, 0.15) is 0 Å². The van der Waals surface area contributed by atoms with E-state index in [4.69, 9.17) is 11.6 Å². The lowest BCUT2D eigenvalue weighted by molar-refractivity contribution is -0.137. The zero-order chi connectivity index (χ0) is 17.7. The van der Waals surface area contributed by atoms with E-state index in [1.165, 1.54) is 12.1 Å². The van der Waals surface area contributed by atoms with Gasteiger partial charge in [-0.05, 0) is 36.8 Å². The summed E-state index contributed by atoms with van der Waals surface area (Å²) in [6.07, 6.45) is -4.45. The van der Waals surface area contributed by atoms with Crippen molar-refractivity contribution in [2.75, 3.05) is 11.9 Å². The Hall–Kier alpha value is -2.05. The fraction of sp³-hybridized carbons (Fsp3) is 0.235. The molecule has 0 aliphatic carbocycles. The fourth-order valence-corrected chi connectivity index (χ4v) is 2.46. The van der Waals surface area contributed by atoms with Crippen LogP contribution in [0.2, 0.25) is 5.02 Å². The van der Waals surface area contributed by atoms with E-state index in [9.17, 15) is 18.0 Å². The van der Waals surface area contributed by atoms with Gasteiger partial charge in [0.25, 0.3) is 0 Å². The van der Waals surface area contributed by atoms with Crippen molar-refractivity contribution in [2.24, 2.45) is 0 Å². The minimum atomic E-state index is -4.45. The van der Waals surface area contributed by atoms with Crippen molar-refractivity contribution < 1.29 is 18.0 Å². The van der Waals surface area contributed by atoms with Gasteiger partial charge in [0.05, 0.1) is 12.1 Å². The maximum absolute atomic E-state index is 12.6. The topological polar surface area (TPSA) is 41.1 Å². The second kappa shape index (κ2) is 7.68. The molecule has 0 aliphatic heterocycles. The molecule has 2 rings (SSSR count). The third-order valence-corrected chi connectivity index (χ3v) is 3.76. The number of amides is 1. The number of halogens is 4. The summed E-state index contributed by atoms with van der Waals surface area (Å²) in [5.41, 5.74) is 0.130. The molecule has 0 spiro atoms. The van der Waals surface area contributed by atoms with Crippen LogP contribution in [0.4, 0.5) is 18.9 Å². The van der Waals surface area contributed by atoms with Crippen molar-refractivity contribution in [3.05, 3.63) is 64.7 Å². The highest BCUT2D eigenvalue weighted by atomic mass is 35.5. The van der Waals surface area contributed by atoms with Gasteiger partial charge in [0.15, 0.2) is 0 Å². The predicted octanol–water partition coefficient (Wildman–Crippen LogP) is 4.65. The molecule has 1 atom stereocenters. The number of rotatable bonds is 5. The summed E-state index contributed by atoms with van der Waals surface area (Å²) in [4.78, 5) is 11.9. The van der Waals surface area contributed by atoms with Gasteiger partial charge in [0.2, 0.25) is 5.91 Å². The van der Waals surface area contributed by atoms with Crippen molar-refractivity contribution in [1.29, 1.82) is 0 Å². The Bertz CT molecular complexity index is 719. The minimum Gasteiger partial charge on any atom is -0.325 e. The van der Waals surface area contributed by atoms with Crippen LogP contribution in [0, 0.1) is 0 Å². The molecule has 0 heterocycles. The van der Waals surface area contributed by atoms with Gasteiger partial charge in [-0.3, -0.25) is 4.79 Å². The van der Waals surface area contributed by atoms with Crippen molar-refractivity contribution in [1.82, 2.24) is 5.32 Å². The summed E-state index contributed by atoms with van der Waals surface area (Å²) in [6.45, 7) is 1.79. The molecule has 24 heavy (non-hydrogen) atoms. The van der Waals surface area contributed by atoms with Crippen molar-refractivity contribution in [3.63, 3.8) is 0 Å². The van der Waals surface area contributed by atoms with Crippen LogP contribution in [0.1, 0.15) is 24.1 Å². The Kier molecular flexibility index (Phi) is 5.85. The van der Waals surface area contributed by atoms with Crippen LogP contribution >= 0.6 is 11.6 Å². The molecule has 0 saturated carbocycles. The first-order valence-corrected chi connectivity index (χ1v) is 7.60. The molecule has 0 saturated heterocycles. The summed E-state index contributed by atoms with van der Waals surface area (Å²) < 4.78 is 37.9. The lowest BCUT2D eigenvalue weighted by atomic mass is 10.1. The van der Waals surface area contributed by atoms with Crippen molar-refractivity contribution in [3.8, 4) is 0 Å². The lowest BCUT2D eigenvalue weighted by Gasteiger charge is -2.16. The van der Waals surface area contributed by atoms with Gasteiger partial charge in [-0.1, -0.05) is 35.9 Å². The first kappa shape index (κ1) is 18.3. The van der Waals surface area contributed by atoms with E-state index in [1.807, 2.05) is 19.1 Å². The Morgan fingerprint density at radius 1 is 1.17 bits per heavy atom. The molecule has 128 valence electrons. The average Bonchev–Trinajstić information content (AvgIpc) is 2.52. The maximum atomic E-state index is 12.6. The Morgan fingerprint density at radius 2 is 1.88 bits per heavy atom. The van der Waals surface area contributed by atoms with E-state index in [2.05, 4.69) is 10.6 Å². The van der Waals surface area contributed by atoms with E-state index >= 15 is 0 Å². The second-order valence-corrected chi connectivity index (χ2v) is 5.66. The van der Waals surface area contributed by atoms with Crippen LogP contribution in [-0.4, -0.2) is 12.5 Å². The third kappa shape index (κ3) is 4.97. The van der Waals surface area contributed by atoms with Crippen molar-refractivity contribution >= 4 is 23.2 Å². The van der Waals surface area contributed by atoms with Gasteiger partial charge in [-0.25, -0.2) is 0 Å². The molecule has 1 amide bonds. The normalized spacial score (nSPS) is 12.7. The number of carbonyl (C=O) groups is 1. The van der Waals surface area contributed by atoms with E-state index < -0.39 is 17.6 Å². The highest BCUT2D eigenvalue weighted by molar-refractivity contribution is 6.31. The number of benzene rings is 2. The quantitative estimate of drug-likeness (QED) is 0.818. The van der Waals surface area contributed by atoms with Crippen LogP contribution in [0.5, 0.6) is 0 Å². The largest absolute Gasteiger partial charge is 0.416 e. The molecule has 3 nitrogen and oxygen atoms in total. The molecule has 0 radical (unpaired) electrons. The molecule has 0 aliphatic rings. The number of nitrogens with one attached hydrogen (secondary N) is 2. The standard InChI is InChI=1S/C17H16ClF3N2O/c1-11(14-7-2-3-8-15(14)18)22-10-16(24)23-13-6-4-5-12(9-13)17(19,20)21/h2-9,11,22H,10H2,1H3,(H,23,24)/t11-/m0/s1. The summed E-state index contributed by atoms with van der Waals surface area (Å²) >= 11 is 6.08. The van der Waals surface area contributed by atoms with Crippen LogP contribution in [0.25, 0.3) is 0 Å². The fourth-order valence-electron chi connectivity index (χ4n) is 2.16. The molecule has 0 unspecified atom stereocenters. The van der Waals surface area contributed by atoms with Crippen LogP contribution < -0.4 is 10.6 Å². The molecular weight excluding hydrogens is 341 g/mol. The predicted molar refractivity (Wildman–Crippen MR) is 87.9 cm³/mol. The smallest absolute Gasteiger partial charge is 0.325 e. The van der Waals surface area contributed by atoms with Gasteiger partial charge < -0.3 is 10.6 Å². The monoisotopic (exact) mass is 356 g/mol. The zero-order valence-corrected chi connectivity index (χ0v) is 13.6. The number of alkyl halides is 3. The molecule has 2 aromatic carbocycles. The first-order chi connectivity index (χ1) is 11.3. The van der Waals surface area contributed by atoms with Gasteiger partial charge in [-0.15, -0.1) is 0 Å². The lowest BCUT2D eigenvalue weighted by Crippen LogP contribution is -2.30. The molecule has 0 fully saturated rings. The Labute approximate surface area is 142 Å². The maximum Gasteiger partial charge on any atom is 0.416 e. The highest BCUT2D eigenvalue weighted by Gasteiger charge is 2.30. The van der Waals surface area contributed by atoms with Gasteiger partial charge in [-0.2, -0.15) is 13.2 Å². The van der Waals surface area contributed by atoms with Gasteiger partial charge in [0, 0.05) is 16.8 Å². The average molecular weight is 357 g/mol. The highest BCUT2D eigenvalue weighted by Crippen LogP contribution is 2.30. The minimum absolute atomic E-state index is 0.0529. The van der Waals surface area contributed by atoms with E-state index in [1.54, 1.807) is 12.1 Å².